The van der Waals surface area contributed by atoms with Gasteiger partial charge in [-0.25, -0.2) is 4.79 Å². The highest BCUT2D eigenvalue weighted by Gasteiger charge is 2.30. The number of ether oxygens (including phenoxy) is 2. The SMILES string of the molecule is C/C(=C/N)C(=N)c1c(-c2ccc(NC(=O)NC3CCC3)cc2)n(C2CCC2)c2cc(OC3CCOCC3)ccc12. The summed E-state index contributed by atoms with van der Waals surface area (Å²) in [4.78, 5) is 12.4. The van der Waals surface area contributed by atoms with Gasteiger partial charge in [-0.05, 0) is 87.1 Å². The van der Waals surface area contributed by atoms with Crippen LogP contribution in [0.25, 0.3) is 22.2 Å². The number of nitrogens with zero attached hydrogens (tertiary/aromatic N) is 1. The number of amides is 2. The molecule has 3 aliphatic rings. The minimum Gasteiger partial charge on any atom is -0.490 e. The summed E-state index contributed by atoms with van der Waals surface area (Å²) in [6.45, 7) is 3.35. The molecule has 2 heterocycles. The van der Waals surface area contributed by atoms with Crippen molar-refractivity contribution < 1.29 is 14.3 Å². The molecule has 1 saturated heterocycles. The zero-order valence-electron chi connectivity index (χ0n) is 23.2. The highest BCUT2D eigenvalue weighted by molar-refractivity contribution is 6.21. The lowest BCUT2D eigenvalue weighted by atomic mass is 9.91. The van der Waals surface area contributed by atoms with Crippen LogP contribution in [0.15, 0.2) is 54.2 Å². The van der Waals surface area contributed by atoms with Crippen molar-refractivity contribution in [3.8, 4) is 17.0 Å². The van der Waals surface area contributed by atoms with Gasteiger partial charge in [0.1, 0.15) is 11.9 Å². The van der Waals surface area contributed by atoms with Gasteiger partial charge in [0.25, 0.3) is 0 Å². The van der Waals surface area contributed by atoms with Gasteiger partial charge in [0, 0.05) is 47.6 Å². The molecule has 0 radical (unpaired) electrons. The molecule has 0 atom stereocenters. The van der Waals surface area contributed by atoms with Crippen molar-refractivity contribution in [1.29, 1.82) is 5.41 Å². The van der Waals surface area contributed by atoms with Crippen molar-refractivity contribution >= 4 is 28.3 Å². The van der Waals surface area contributed by atoms with Gasteiger partial charge in [0.05, 0.1) is 30.1 Å². The molecule has 3 aromatic rings. The van der Waals surface area contributed by atoms with Gasteiger partial charge in [-0.3, -0.25) is 5.41 Å². The van der Waals surface area contributed by atoms with Gasteiger partial charge in [0.15, 0.2) is 0 Å². The summed E-state index contributed by atoms with van der Waals surface area (Å²) in [5.74, 6) is 0.852. The molecule has 8 heteroatoms. The fourth-order valence-corrected chi connectivity index (χ4v) is 5.81. The summed E-state index contributed by atoms with van der Waals surface area (Å²) in [7, 11) is 0. The average Bonchev–Trinajstić information content (AvgIpc) is 3.24. The van der Waals surface area contributed by atoms with Crippen LogP contribution in [-0.4, -0.2) is 41.7 Å². The molecular weight excluding hydrogens is 502 g/mol. The number of carbonyl (C=O) groups excluding carboxylic acids is 1. The van der Waals surface area contributed by atoms with Crippen LogP contribution in [0.4, 0.5) is 10.5 Å². The van der Waals surface area contributed by atoms with Crippen LogP contribution >= 0.6 is 0 Å². The maximum atomic E-state index is 12.4. The van der Waals surface area contributed by atoms with E-state index in [4.69, 9.17) is 20.6 Å². The first kappa shape index (κ1) is 26.4. The molecule has 2 aliphatic carbocycles. The second-order valence-electron chi connectivity index (χ2n) is 11.3. The van der Waals surface area contributed by atoms with Gasteiger partial charge in [-0.2, -0.15) is 0 Å². The fourth-order valence-electron chi connectivity index (χ4n) is 5.81. The number of fused-ring (bicyclic) bond motifs is 1. The van der Waals surface area contributed by atoms with E-state index < -0.39 is 0 Å². The Bertz CT molecular complexity index is 1430. The van der Waals surface area contributed by atoms with E-state index in [1.807, 2.05) is 37.3 Å². The summed E-state index contributed by atoms with van der Waals surface area (Å²) in [6.07, 6.45) is 10.1. The molecule has 5 N–H and O–H groups in total. The Morgan fingerprint density at radius 1 is 1.05 bits per heavy atom. The van der Waals surface area contributed by atoms with Crippen LogP contribution in [0.1, 0.15) is 69.9 Å². The largest absolute Gasteiger partial charge is 0.490 e. The van der Waals surface area contributed by atoms with Crippen molar-refractivity contribution in [3.63, 3.8) is 0 Å². The number of allylic oxidation sites excluding steroid dienone is 1. The Morgan fingerprint density at radius 2 is 1.77 bits per heavy atom. The summed E-state index contributed by atoms with van der Waals surface area (Å²) in [6, 6.07) is 14.7. The molecule has 0 unspecified atom stereocenters. The molecular formula is C32H39N5O3. The normalized spacial score (nSPS) is 18.7. The van der Waals surface area contributed by atoms with Crippen molar-refractivity contribution in [2.24, 2.45) is 5.73 Å². The number of aromatic nitrogens is 1. The van der Waals surface area contributed by atoms with Crippen molar-refractivity contribution in [1.82, 2.24) is 9.88 Å². The van der Waals surface area contributed by atoms with Gasteiger partial charge < -0.3 is 30.4 Å². The average molecular weight is 542 g/mol. The third-order valence-electron chi connectivity index (χ3n) is 8.64. The highest BCUT2D eigenvalue weighted by Crippen LogP contribution is 2.44. The Balaban J connectivity index is 1.41. The van der Waals surface area contributed by atoms with Gasteiger partial charge in [-0.1, -0.05) is 12.1 Å². The molecule has 1 aliphatic heterocycles. The van der Waals surface area contributed by atoms with Crippen LogP contribution in [0.5, 0.6) is 5.75 Å². The summed E-state index contributed by atoms with van der Waals surface area (Å²) in [5, 5.41) is 16.2. The first-order valence-electron chi connectivity index (χ1n) is 14.6. The molecule has 8 nitrogen and oxygen atoms in total. The molecule has 2 aromatic carbocycles. The van der Waals surface area contributed by atoms with Crippen molar-refractivity contribution in [3.05, 3.63) is 59.8 Å². The van der Waals surface area contributed by atoms with Crippen LogP contribution < -0.4 is 21.1 Å². The first-order valence-corrected chi connectivity index (χ1v) is 14.6. The molecule has 6 rings (SSSR count). The molecule has 40 heavy (non-hydrogen) atoms. The summed E-state index contributed by atoms with van der Waals surface area (Å²) < 4.78 is 14.3. The Labute approximate surface area is 235 Å². The lowest BCUT2D eigenvalue weighted by molar-refractivity contribution is 0.0256. The predicted octanol–water partition coefficient (Wildman–Crippen LogP) is 6.50. The Morgan fingerprint density at radius 3 is 2.40 bits per heavy atom. The van der Waals surface area contributed by atoms with E-state index in [9.17, 15) is 4.79 Å². The zero-order valence-corrected chi connectivity index (χ0v) is 23.2. The smallest absolute Gasteiger partial charge is 0.319 e. The Kier molecular flexibility index (Phi) is 7.52. The molecule has 2 saturated carbocycles. The number of urea groups is 1. The van der Waals surface area contributed by atoms with Gasteiger partial charge >= 0.3 is 6.03 Å². The fraction of sp³-hybridized carbons (Fsp3) is 0.438. The second kappa shape index (κ2) is 11.4. The summed E-state index contributed by atoms with van der Waals surface area (Å²) in [5.41, 5.74) is 11.8. The maximum Gasteiger partial charge on any atom is 0.319 e. The first-order chi connectivity index (χ1) is 19.5. The number of hydrogen-bond donors (Lipinski definition) is 4. The number of rotatable bonds is 8. The van der Waals surface area contributed by atoms with E-state index in [-0.39, 0.29) is 18.2 Å². The zero-order chi connectivity index (χ0) is 27.6. The quantitative estimate of drug-likeness (QED) is 0.244. The number of hydrogen-bond acceptors (Lipinski definition) is 5. The van der Waals surface area contributed by atoms with E-state index in [1.165, 1.54) is 19.0 Å². The Hall–Kier alpha value is -3.78. The number of nitrogens with one attached hydrogen (secondary N) is 3. The third kappa shape index (κ3) is 5.20. The molecule has 0 spiro atoms. The lowest BCUT2D eigenvalue weighted by Gasteiger charge is -2.30. The van der Waals surface area contributed by atoms with Crippen molar-refractivity contribution in [2.75, 3.05) is 18.5 Å². The molecule has 3 fully saturated rings. The van der Waals surface area contributed by atoms with Gasteiger partial charge in [0.2, 0.25) is 0 Å². The van der Waals surface area contributed by atoms with E-state index in [0.29, 0.717) is 11.8 Å². The van der Waals surface area contributed by atoms with Crippen LogP contribution in [0, 0.1) is 5.41 Å². The minimum absolute atomic E-state index is 0.152. The standard InChI is InChI=1S/C32H39N5O3/c1-20(19-33)30(34)29-27-13-12-26(40-25-14-16-39-17-15-25)18-28(27)37(24-6-3-7-24)31(29)21-8-10-23(11-9-21)36-32(38)35-22-4-2-5-22/h8-13,18-19,22,24-25,34H,2-7,14-17,33H2,1H3,(H2,35,36,38)/b20-19-,34-30?. The van der Waals surface area contributed by atoms with E-state index in [1.54, 1.807) is 0 Å². The number of carbonyl (C=O) groups is 1. The lowest BCUT2D eigenvalue weighted by Crippen LogP contribution is -2.41. The monoisotopic (exact) mass is 541 g/mol. The van der Waals surface area contributed by atoms with E-state index >= 15 is 0 Å². The van der Waals surface area contributed by atoms with E-state index in [0.717, 1.165) is 96.5 Å². The number of benzene rings is 2. The van der Waals surface area contributed by atoms with E-state index in [2.05, 4.69) is 27.3 Å². The van der Waals surface area contributed by atoms with Crippen molar-refractivity contribution in [2.45, 2.75) is 76.5 Å². The number of anilines is 1. The minimum atomic E-state index is -0.163. The predicted molar refractivity (Wildman–Crippen MR) is 159 cm³/mol. The highest BCUT2D eigenvalue weighted by atomic mass is 16.5. The third-order valence-corrected chi connectivity index (χ3v) is 8.64. The van der Waals surface area contributed by atoms with Crippen LogP contribution in [0.2, 0.25) is 0 Å². The topological polar surface area (TPSA) is 114 Å². The van der Waals surface area contributed by atoms with Gasteiger partial charge in [-0.15, -0.1) is 0 Å². The molecule has 2 amide bonds. The number of nitrogens with two attached hydrogens (primary N) is 1. The summed E-state index contributed by atoms with van der Waals surface area (Å²) >= 11 is 0. The molecule has 1 aromatic heterocycles. The van der Waals surface area contributed by atoms with Crippen LogP contribution in [0.3, 0.4) is 0 Å². The van der Waals surface area contributed by atoms with Crippen LogP contribution in [-0.2, 0) is 4.74 Å². The molecule has 0 bridgehead atoms. The second-order valence-corrected chi connectivity index (χ2v) is 11.3. The maximum absolute atomic E-state index is 12.4. The molecule has 210 valence electrons.